The molecule has 0 saturated heterocycles. The van der Waals surface area contributed by atoms with E-state index in [4.69, 9.17) is 19.5 Å². The molecule has 0 aliphatic carbocycles. The van der Waals surface area contributed by atoms with E-state index in [0.29, 0.717) is 28.5 Å². The van der Waals surface area contributed by atoms with Crippen LogP contribution >= 0.6 is 0 Å². The summed E-state index contributed by atoms with van der Waals surface area (Å²) < 4.78 is 17.0. The van der Waals surface area contributed by atoms with Crippen LogP contribution in [-0.4, -0.2) is 31.1 Å². The lowest BCUT2D eigenvalue weighted by Gasteiger charge is -2.15. The summed E-state index contributed by atoms with van der Waals surface area (Å²) in [5, 5.41) is 13.3. The molecule has 7 heteroatoms. The van der Waals surface area contributed by atoms with Crippen molar-refractivity contribution < 1.29 is 14.2 Å². The monoisotopic (exact) mass is 301 g/mol. The van der Waals surface area contributed by atoms with E-state index < -0.39 is 5.56 Å². The van der Waals surface area contributed by atoms with E-state index in [1.165, 1.54) is 34.4 Å². The molecular weight excluding hydrogens is 286 g/mol. The molecule has 0 unspecified atom stereocenters. The van der Waals surface area contributed by atoms with Crippen molar-refractivity contribution >= 4 is 0 Å². The van der Waals surface area contributed by atoms with Gasteiger partial charge in [-0.25, -0.2) is 4.68 Å². The number of nitrogens with zero attached hydrogens (tertiary/aromatic N) is 3. The van der Waals surface area contributed by atoms with Gasteiger partial charge in [0.1, 0.15) is 28.9 Å². The third-order valence-corrected chi connectivity index (χ3v) is 3.15. The highest BCUT2D eigenvalue weighted by atomic mass is 16.5. The van der Waals surface area contributed by atoms with E-state index in [2.05, 4.69) is 5.10 Å². The van der Waals surface area contributed by atoms with Gasteiger partial charge in [0, 0.05) is 19.2 Å². The van der Waals surface area contributed by atoms with Crippen molar-refractivity contribution in [3.8, 4) is 34.6 Å². The summed E-state index contributed by atoms with van der Waals surface area (Å²) in [5.74, 6) is 1.49. The zero-order valence-corrected chi connectivity index (χ0v) is 12.7. The molecule has 114 valence electrons. The Morgan fingerprint density at radius 3 is 2.14 bits per heavy atom. The SMILES string of the molecule is COc1cc(OC)c(-c2cc(C#N)c(=O)n(C)n2)c(OC)c1. The molecule has 0 fully saturated rings. The summed E-state index contributed by atoms with van der Waals surface area (Å²) in [6.07, 6.45) is 0. The first kappa shape index (κ1) is 15.4. The highest BCUT2D eigenvalue weighted by molar-refractivity contribution is 5.76. The molecule has 0 bridgehead atoms. The highest BCUT2D eigenvalue weighted by Gasteiger charge is 2.18. The van der Waals surface area contributed by atoms with Crippen molar-refractivity contribution in [3.63, 3.8) is 0 Å². The van der Waals surface area contributed by atoms with E-state index >= 15 is 0 Å². The predicted molar refractivity (Wildman–Crippen MR) is 79.3 cm³/mol. The summed E-state index contributed by atoms with van der Waals surface area (Å²) in [7, 11) is 6.02. The Morgan fingerprint density at radius 2 is 1.68 bits per heavy atom. The van der Waals surface area contributed by atoms with Crippen molar-refractivity contribution in [3.05, 3.63) is 34.1 Å². The Morgan fingerprint density at radius 1 is 1.09 bits per heavy atom. The van der Waals surface area contributed by atoms with Crippen molar-refractivity contribution in [1.82, 2.24) is 9.78 Å². The first-order valence-corrected chi connectivity index (χ1v) is 6.34. The Balaban J connectivity index is 2.79. The average molecular weight is 301 g/mol. The van der Waals surface area contributed by atoms with Crippen LogP contribution in [0.3, 0.4) is 0 Å². The molecule has 0 saturated carbocycles. The van der Waals surface area contributed by atoms with Crippen LogP contribution in [0.15, 0.2) is 23.0 Å². The molecule has 2 aromatic rings. The van der Waals surface area contributed by atoms with Gasteiger partial charge in [-0.2, -0.15) is 10.4 Å². The van der Waals surface area contributed by atoms with Crippen molar-refractivity contribution in [1.29, 1.82) is 5.26 Å². The second kappa shape index (κ2) is 6.18. The van der Waals surface area contributed by atoms with Crippen LogP contribution in [0.25, 0.3) is 11.3 Å². The van der Waals surface area contributed by atoms with E-state index in [0.717, 1.165) is 4.68 Å². The second-order valence-electron chi connectivity index (χ2n) is 4.39. The number of methoxy groups -OCH3 is 3. The molecule has 0 N–H and O–H groups in total. The highest BCUT2D eigenvalue weighted by Crippen LogP contribution is 2.40. The van der Waals surface area contributed by atoms with Gasteiger partial charge >= 0.3 is 0 Å². The van der Waals surface area contributed by atoms with Crippen molar-refractivity contribution in [2.24, 2.45) is 7.05 Å². The van der Waals surface area contributed by atoms with Gasteiger partial charge in [-0.3, -0.25) is 4.79 Å². The topological polar surface area (TPSA) is 86.4 Å². The van der Waals surface area contributed by atoms with Crippen LogP contribution < -0.4 is 19.8 Å². The quantitative estimate of drug-likeness (QED) is 0.847. The predicted octanol–water partition coefficient (Wildman–Crippen LogP) is 1.34. The van der Waals surface area contributed by atoms with Crippen molar-refractivity contribution in [2.75, 3.05) is 21.3 Å². The lowest BCUT2D eigenvalue weighted by Crippen LogP contribution is -2.22. The van der Waals surface area contributed by atoms with Gasteiger partial charge in [0.25, 0.3) is 5.56 Å². The lowest BCUT2D eigenvalue weighted by molar-refractivity contribution is 0.377. The molecule has 0 aliphatic rings. The molecule has 1 heterocycles. The first-order chi connectivity index (χ1) is 10.5. The third kappa shape index (κ3) is 2.59. The van der Waals surface area contributed by atoms with Gasteiger partial charge in [0.2, 0.25) is 0 Å². The number of hydrogen-bond donors (Lipinski definition) is 0. The Bertz CT molecular complexity index is 780. The summed E-state index contributed by atoms with van der Waals surface area (Å²) in [4.78, 5) is 11.8. The summed E-state index contributed by atoms with van der Waals surface area (Å²) in [5.41, 5.74) is 0.470. The standard InChI is InChI=1S/C15H15N3O4/c1-18-15(19)9(8-16)5-11(17-18)14-12(21-3)6-10(20-2)7-13(14)22-4/h5-7H,1-4H3. The molecule has 1 aromatic carbocycles. The molecule has 0 radical (unpaired) electrons. The molecule has 2 rings (SSSR count). The number of nitriles is 1. The molecule has 0 aliphatic heterocycles. The Labute approximate surface area is 127 Å². The van der Waals surface area contributed by atoms with Crippen LogP contribution in [0, 0.1) is 11.3 Å². The van der Waals surface area contributed by atoms with Crippen LogP contribution in [0.5, 0.6) is 17.2 Å². The maximum absolute atomic E-state index is 11.8. The van der Waals surface area contributed by atoms with E-state index in [1.54, 1.807) is 12.1 Å². The van der Waals surface area contributed by atoms with Crippen LogP contribution in [-0.2, 0) is 7.05 Å². The lowest BCUT2D eigenvalue weighted by atomic mass is 10.1. The molecule has 1 aromatic heterocycles. The van der Waals surface area contributed by atoms with Crippen LogP contribution in [0.4, 0.5) is 0 Å². The maximum atomic E-state index is 11.8. The van der Waals surface area contributed by atoms with Crippen LogP contribution in [0.1, 0.15) is 5.56 Å². The molecule has 0 atom stereocenters. The summed E-state index contributed by atoms with van der Waals surface area (Å²) in [6.45, 7) is 0. The van der Waals surface area contributed by atoms with Gasteiger partial charge in [0.15, 0.2) is 0 Å². The fourth-order valence-electron chi connectivity index (χ4n) is 2.07. The van der Waals surface area contributed by atoms with Gasteiger partial charge in [-0.05, 0) is 6.07 Å². The smallest absolute Gasteiger partial charge is 0.284 e. The zero-order chi connectivity index (χ0) is 16.3. The molecule has 7 nitrogen and oxygen atoms in total. The second-order valence-corrected chi connectivity index (χ2v) is 4.39. The normalized spacial score (nSPS) is 9.95. The van der Waals surface area contributed by atoms with E-state index in [-0.39, 0.29) is 5.56 Å². The number of ether oxygens (including phenoxy) is 3. The minimum atomic E-state index is -0.460. The minimum Gasteiger partial charge on any atom is -0.496 e. The average Bonchev–Trinajstić information content (AvgIpc) is 2.55. The first-order valence-electron chi connectivity index (χ1n) is 6.34. The zero-order valence-electron chi connectivity index (χ0n) is 12.7. The van der Waals surface area contributed by atoms with Gasteiger partial charge in [-0.1, -0.05) is 0 Å². The van der Waals surface area contributed by atoms with Gasteiger partial charge in [0.05, 0.1) is 32.6 Å². The van der Waals surface area contributed by atoms with Gasteiger partial charge in [-0.15, -0.1) is 0 Å². The minimum absolute atomic E-state index is 0.00701. The van der Waals surface area contributed by atoms with Gasteiger partial charge < -0.3 is 14.2 Å². The number of aryl methyl sites for hydroxylation is 1. The fourth-order valence-corrected chi connectivity index (χ4v) is 2.07. The molecule has 0 spiro atoms. The Hall–Kier alpha value is -3.01. The van der Waals surface area contributed by atoms with E-state index in [1.807, 2.05) is 6.07 Å². The number of rotatable bonds is 4. The molecule has 0 amide bonds. The Kier molecular flexibility index (Phi) is 4.32. The largest absolute Gasteiger partial charge is 0.496 e. The molecular formula is C15H15N3O4. The van der Waals surface area contributed by atoms with Crippen LogP contribution in [0.2, 0.25) is 0 Å². The third-order valence-electron chi connectivity index (χ3n) is 3.15. The number of aromatic nitrogens is 2. The summed E-state index contributed by atoms with van der Waals surface area (Å²) >= 11 is 0. The number of hydrogen-bond acceptors (Lipinski definition) is 6. The summed E-state index contributed by atoms with van der Waals surface area (Å²) in [6, 6.07) is 6.63. The number of benzene rings is 1. The molecule has 22 heavy (non-hydrogen) atoms. The maximum Gasteiger partial charge on any atom is 0.284 e. The van der Waals surface area contributed by atoms with Crippen molar-refractivity contribution in [2.45, 2.75) is 0 Å². The van der Waals surface area contributed by atoms with E-state index in [9.17, 15) is 4.79 Å². The fraction of sp³-hybridized carbons (Fsp3) is 0.267.